The Balaban J connectivity index is 2.46. The van der Waals surface area contributed by atoms with Gasteiger partial charge in [0.15, 0.2) is 5.82 Å². The van der Waals surface area contributed by atoms with E-state index < -0.39 is 0 Å². The van der Waals surface area contributed by atoms with Crippen LogP contribution in [-0.2, 0) is 0 Å². The fraction of sp³-hybridized carbons (Fsp3) is 0.111. The zero-order valence-corrected chi connectivity index (χ0v) is 8.18. The number of H-pyrrole nitrogens is 1. The number of hydrogen-bond acceptors (Lipinski definition) is 3. The van der Waals surface area contributed by atoms with E-state index >= 15 is 0 Å². The number of nitrogens with one attached hydrogen (secondary N) is 2. The van der Waals surface area contributed by atoms with Crippen molar-refractivity contribution in [2.75, 3.05) is 11.9 Å². The molecule has 2 heterocycles. The van der Waals surface area contributed by atoms with E-state index in [9.17, 15) is 0 Å². The molecule has 0 radical (unpaired) electrons. The smallest absolute Gasteiger partial charge is 0.161 e. The first-order valence-corrected chi connectivity index (χ1v) is 4.36. The van der Waals surface area contributed by atoms with Crippen LogP contribution in [0.5, 0.6) is 0 Å². The molecule has 0 atom stereocenters. The van der Waals surface area contributed by atoms with Gasteiger partial charge in [0.2, 0.25) is 0 Å². The Morgan fingerprint density at radius 1 is 1.53 bits per heavy atom. The van der Waals surface area contributed by atoms with Crippen LogP contribution in [0.25, 0.3) is 11.0 Å². The van der Waals surface area contributed by atoms with Crippen molar-refractivity contribution in [1.29, 1.82) is 5.41 Å². The molecule has 0 aromatic carbocycles. The van der Waals surface area contributed by atoms with E-state index in [1.54, 1.807) is 4.90 Å². The molecule has 0 aliphatic carbocycles. The average Bonchev–Trinajstić information content (AvgIpc) is 2.73. The van der Waals surface area contributed by atoms with E-state index in [2.05, 4.69) is 19.9 Å². The van der Waals surface area contributed by atoms with Crippen molar-refractivity contribution in [2.45, 2.75) is 0 Å². The predicted molar refractivity (Wildman–Crippen MR) is 59.6 cm³/mol. The molecule has 0 saturated carbocycles. The Labute approximate surface area is 86.2 Å². The van der Waals surface area contributed by atoms with Crippen LogP contribution >= 0.6 is 0 Å². The third-order valence-electron chi connectivity index (χ3n) is 1.97. The molecule has 0 saturated heterocycles. The molecule has 0 fully saturated rings. The van der Waals surface area contributed by atoms with Crippen LogP contribution in [0.3, 0.4) is 0 Å². The summed E-state index contributed by atoms with van der Waals surface area (Å²) in [6.45, 7) is 0. The number of rotatable bonds is 3. The first-order chi connectivity index (χ1) is 7.33. The molecule has 0 amide bonds. The maximum absolute atomic E-state index is 6.80. The molecule has 0 spiro atoms. The maximum Gasteiger partial charge on any atom is 0.161 e. The lowest BCUT2D eigenvalue weighted by atomic mass is 10.4. The maximum atomic E-state index is 6.80. The lowest BCUT2D eigenvalue weighted by Gasteiger charge is -2.11. The lowest BCUT2D eigenvalue weighted by molar-refractivity contribution is 1.14. The molecule has 15 heavy (non-hydrogen) atoms. The van der Waals surface area contributed by atoms with Crippen LogP contribution in [-0.4, -0.2) is 34.7 Å². The predicted octanol–water partition coefficient (Wildman–Crippen LogP) is 1.03. The molecule has 76 valence electrons. The Kier molecular flexibility index (Phi) is 2.40. The minimum Gasteiger partial charge on any atom is -0.357 e. The van der Waals surface area contributed by atoms with Crippen molar-refractivity contribution in [3.63, 3.8) is 0 Å². The number of aromatic nitrogens is 3. The minimum absolute atomic E-state index is 0.732. The summed E-state index contributed by atoms with van der Waals surface area (Å²) in [5.41, 5.74) is 1.71. The molecular weight excluding hydrogens is 192 g/mol. The van der Waals surface area contributed by atoms with Crippen molar-refractivity contribution in [2.24, 2.45) is 4.99 Å². The molecule has 0 bridgehead atoms. The summed E-state index contributed by atoms with van der Waals surface area (Å²) < 4.78 is 0. The Bertz CT molecular complexity index is 500. The van der Waals surface area contributed by atoms with Crippen molar-refractivity contribution in [1.82, 2.24) is 15.0 Å². The standard InChI is InChI=1S/C9H10N6/c1-15(6-11-4-10)9-8-7(2-3-12-8)13-5-14-9/h2-6,10,12H,1H3/b10-4?,11-6-. The van der Waals surface area contributed by atoms with E-state index in [1.807, 2.05) is 19.3 Å². The number of fused-ring (bicyclic) bond motifs is 1. The number of anilines is 1. The fourth-order valence-electron chi connectivity index (χ4n) is 1.31. The van der Waals surface area contributed by atoms with Crippen molar-refractivity contribution in [3.05, 3.63) is 18.6 Å². The summed E-state index contributed by atoms with van der Waals surface area (Å²) >= 11 is 0. The van der Waals surface area contributed by atoms with Gasteiger partial charge in [-0.2, -0.15) is 0 Å². The molecule has 6 heteroatoms. The molecule has 2 aromatic heterocycles. The highest BCUT2D eigenvalue weighted by molar-refractivity contribution is 5.93. The van der Waals surface area contributed by atoms with Crippen molar-refractivity contribution in [3.8, 4) is 0 Å². The number of hydrogen-bond donors (Lipinski definition) is 2. The van der Waals surface area contributed by atoms with Gasteiger partial charge >= 0.3 is 0 Å². The summed E-state index contributed by atoms with van der Waals surface area (Å²) in [6, 6.07) is 1.88. The SMILES string of the molecule is CN(/C=N\C=N)c1ncnc2cc[nH]c12. The monoisotopic (exact) mass is 202 g/mol. The molecule has 0 unspecified atom stereocenters. The third-order valence-corrected chi connectivity index (χ3v) is 1.97. The average molecular weight is 202 g/mol. The summed E-state index contributed by atoms with van der Waals surface area (Å²) in [7, 11) is 1.82. The molecule has 6 nitrogen and oxygen atoms in total. The highest BCUT2D eigenvalue weighted by Crippen LogP contribution is 2.18. The normalized spacial score (nSPS) is 11.0. The van der Waals surface area contributed by atoms with Gasteiger partial charge in [0.25, 0.3) is 0 Å². The van der Waals surface area contributed by atoms with Gasteiger partial charge in [-0.3, -0.25) is 5.41 Å². The van der Waals surface area contributed by atoms with Gasteiger partial charge in [0, 0.05) is 13.2 Å². The number of aliphatic imine (C=N–C) groups is 1. The second-order valence-electron chi connectivity index (χ2n) is 2.94. The van der Waals surface area contributed by atoms with Crippen LogP contribution in [0.2, 0.25) is 0 Å². The van der Waals surface area contributed by atoms with Gasteiger partial charge in [-0.15, -0.1) is 0 Å². The first kappa shape index (κ1) is 9.32. The van der Waals surface area contributed by atoms with E-state index in [1.165, 1.54) is 12.7 Å². The Morgan fingerprint density at radius 3 is 3.20 bits per heavy atom. The topological polar surface area (TPSA) is 81.0 Å². The van der Waals surface area contributed by atoms with Crippen LogP contribution in [0.4, 0.5) is 5.82 Å². The van der Waals surface area contributed by atoms with E-state index in [0.29, 0.717) is 0 Å². The van der Waals surface area contributed by atoms with Gasteiger partial charge in [0.1, 0.15) is 18.2 Å². The Hall–Kier alpha value is -2.24. The molecule has 0 aliphatic heterocycles. The van der Waals surface area contributed by atoms with E-state index in [-0.39, 0.29) is 0 Å². The summed E-state index contributed by atoms with van der Waals surface area (Å²) in [5.74, 6) is 0.732. The quantitative estimate of drug-likeness (QED) is 0.576. The van der Waals surface area contributed by atoms with Gasteiger partial charge in [-0.1, -0.05) is 0 Å². The highest BCUT2D eigenvalue weighted by Gasteiger charge is 2.06. The zero-order chi connectivity index (χ0) is 10.7. The van der Waals surface area contributed by atoms with Crippen LogP contribution in [0.1, 0.15) is 0 Å². The lowest BCUT2D eigenvalue weighted by Crippen LogP contribution is -2.16. The van der Waals surface area contributed by atoms with Crippen molar-refractivity contribution >= 4 is 29.5 Å². The largest absolute Gasteiger partial charge is 0.357 e. The Morgan fingerprint density at radius 2 is 2.40 bits per heavy atom. The second kappa shape index (κ2) is 3.87. The van der Waals surface area contributed by atoms with E-state index in [4.69, 9.17) is 5.41 Å². The van der Waals surface area contributed by atoms with Gasteiger partial charge in [0.05, 0.1) is 11.9 Å². The van der Waals surface area contributed by atoms with Crippen molar-refractivity contribution < 1.29 is 0 Å². The van der Waals surface area contributed by atoms with Gasteiger partial charge < -0.3 is 9.88 Å². The summed E-state index contributed by atoms with van der Waals surface area (Å²) in [5, 5.41) is 6.80. The zero-order valence-electron chi connectivity index (χ0n) is 8.18. The fourth-order valence-corrected chi connectivity index (χ4v) is 1.31. The van der Waals surface area contributed by atoms with Crippen LogP contribution < -0.4 is 4.90 Å². The molecule has 2 rings (SSSR count). The van der Waals surface area contributed by atoms with Crippen LogP contribution in [0.15, 0.2) is 23.6 Å². The number of aromatic amines is 1. The van der Waals surface area contributed by atoms with Gasteiger partial charge in [-0.25, -0.2) is 15.0 Å². The summed E-state index contributed by atoms with van der Waals surface area (Å²) in [4.78, 5) is 16.8. The highest BCUT2D eigenvalue weighted by atomic mass is 15.2. The first-order valence-electron chi connectivity index (χ1n) is 4.36. The molecule has 2 aromatic rings. The second-order valence-corrected chi connectivity index (χ2v) is 2.94. The molecular formula is C9H10N6. The van der Waals surface area contributed by atoms with Gasteiger partial charge in [-0.05, 0) is 6.07 Å². The van der Waals surface area contributed by atoms with Crippen LogP contribution in [0, 0.1) is 5.41 Å². The summed E-state index contributed by atoms with van der Waals surface area (Å²) in [6.07, 6.45) is 5.81. The minimum atomic E-state index is 0.732. The van der Waals surface area contributed by atoms with E-state index in [0.717, 1.165) is 23.2 Å². The molecule has 2 N–H and O–H groups in total. The molecule has 0 aliphatic rings. The number of nitrogens with zero attached hydrogens (tertiary/aromatic N) is 4. The third kappa shape index (κ3) is 1.69.